The average molecular weight is 294 g/mol. The molecule has 2 aromatic rings. The number of para-hydroxylation sites is 1. The lowest BCUT2D eigenvalue weighted by Crippen LogP contribution is -2.13. The molecule has 1 N–H and O–H groups in total. The second-order valence-corrected chi connectivity index (χ2v) is 5.86. The van der Waals surface area contributed by atoms with Crippen LogP contribution in [-0.4, -0.2) is 5.91 Å². The molecule has 0 spiro atoms. The molecule has 0 fully saturated rings. The van der Waals surface area contributed by atoms with E-state index >= 15 is 0 Å². The number of amides is 1. The summed E-state index contributed by atoms with van der Waals surface area (Å²) in [5.41, 5.74) is 2.80. The van der Waals surface area contributed by atoms with Crippen LogP contribution in [0.2, 0.25) is 0 Å². The van der Waals surface area contributed by atoms with Gasteiger partial charge in [-0.1, -0.05) is 25.1 Å². The van der Waals surface area contributed by atoms with Gasteiger partial charge in [0.2, 0.25) is 0 Å². The normalized spacial score (nSPS) is 12.2. The zero-order valence-electron chi connectivity index (χ0n) is 10.9. The van der Waals surface area contributed by atoms with Crippen molar-refractivity contribution in [3.8, 4) is 0 Å². The minimum Gasteiger partial charge on any atom is -0.321 e. The molecule has 1 unspecified atom stereocenters. The second-order valence-electron chi connectivity index (χ2n) is 4.29. The number of carbonyl (C=O) groups is 1. The van der Waals surface area contributed by atoms with Crippen LogP contribution in [0.1, 0.15) is 40.0 Å². The van der Waals surface area contributed by atoms with Gasteiger partial charge in [-0.3, -0.25) is 4.79 Å². The molecule has 100 valence electrons. The lowest BCUT2D eigenvalue weighted by molar-refractivity contribution is 0.102. The van der Waals surface area contributed by atoms with Crippen LogP contribution >= 0.6 is 22.9 Å². The van der Waals surface area contributed by atoms with Gasteiger partial charge >= 0.3 is 0 Å². The molecular formula is C15H16ClNOS. The average Bonchev–Trinajstić information content (AvgIpc) is 2.87. The third kappa shape index (κ3) is 3.17. The number of alkyl halides is 1. The Bertz CT molecular complexity index is 577. The van der Waals surface area contributed by atoms with Crippen molar-refractivity contribution in [2.24, 2.45) is 0 Å². The number of thiophene rings is 1. The molecule has 0 saturated heterocycles. The summed E-state index contributed by atoms with van der Waals surface area (Å²) in [6, 6.07) is 9.63. The van der Waals surface area contributed by atoms with Gasteiger partial charge in [-0.15, -0.1) is 22.9 Å². The van der Waals surface area contributed by atoms with Crippen LogP contribution in [0.15, 0.2) is 35.7 Å². The zero-order chi connectivity index (χ0) is 13.8. The summed E-state index contributed by atoms with van der Waals surface area (Å²) in [5, 5.41) is 4.77. The number of hydrogen-bond donors (Lipinski definition) is 1. The fourth-order valence-corrected chi connectivity index (χ4v) is 3.03. The third-order valence-electron chi connectivity index (χ3n) is 2.97. The molecule has 0 aliphatic heterocycles. The Labute approximate surface area is 122 Å². The van der Waals surface area contributed by atoms with Gasteiger partial charge in [-0.2, -0.15) is 0 Å². The highest BCUT2D eigenvalue weighted by Crippen LogP contribution is 2.28. The molecule has 1 aromatic carbocycles. The Kier molecular flexibility index (Phi) is 4.61. The first kappa shape index (κ1) is 14.1. The van der Waals surface area contributed by atoms with E-state index < -0.39 is 0 Å². The zero-order valence-corrected chi connectivity index (χ0v) is 12.5. The lowest BCUT2D eigenvalue weighted by Gasteiger charge is -2.12. The topological polar surface area (TPSA) is 29.1 Å². The summed E-state index contributed by atoms with van der Waals surface area (Å²) in [4.78, 5) is 13.1. The molecule has 0 bridgehead atoms. The summed E-state index contributed by atoms with van der Waals surface area (Å²) in [6.45, 7) is 3.95. The number of nitrogens with one attached hydrogen (secondary N) is 1. The standard InChI is InChI=1S/C15H16ClNOS/c1-3-11-8-9-19-14(11)15(18)17-13-7-5-4-6-12(13)10(2)16/h4-10H,3H2,1-2H3,(H,17,18). The molecule has 0 aliphatic carbocycles. The van der Waals surface area contributed by atoms with E-state index in [9.17, 15) is 4.79 Å². The minimum absolute atomic E-state index is 0.0587. The number of benzene rings is 1. The van der Waals surface area contributed by atoms with E-state index in [1.54, 1.807) is 0 Å². The van der Waals surface area contributed by atoms with E-state index in [0.29, 0.717) is 0 Å². The monoisotopic (exact) mass is 293 g/mol. The molecule has 1 heterocycles. The lowest BCUT2D eigenvalue weighted by atomic mass is 10.1. The van der Waals surface area contributed by atoms with Crippen molar-refractivity contribution in [2.45, 2.75) is 25.6 Å². The van der Waals surface area contributed by atoms with Gasteiger partial charge in [0.05, 0.1) is 10.3 Å². The summed E-state index contributed by atoms with van der Waals surface area (Å²) >= 11 is 7.60. The smallest absolute Gasteiger partial charge is 0.266 e. The Hall–Kier alpha value is -1.32. The van der Waals surface area contributed by atoms with Gasteiger partial charge in [0.1, 0.15) is 0 Å². The second kappa shape index (κ2) is 6.22. The Morgan fingerprint density at radius 3 is 2.79 bits per heavy atom. The van der Waals surface area contributed by atoms with E-state index in [-0.39, 0.29) is 11.3 Å². The van der Waals surface area contributed by atoms with Crippen LogP contribution in [0, 0.1) is 0 Å². The Morgan fingerprint density at radius 2 is 2.11 bits per heavy atom. The molecule has 1 amide bonds. The summed E-state index contributed by atoms with van der Waals surface area (Å²) in [5.74, 6) is -0.0587. The Morgan fingerprint density at radius 1 is 1.37 bits per heavy atom. The molecule has 1 atom stereocenters. The first-order valence-electron chi connectivity index (χ1n) is 6.24. The molecule has 0 aliphatic rings. The van der Waals surface area contributed by atoms with Crippen LogP contribution in [0.5, 0.6) is 0 Å². The van der Waals surface area contributed by atoms with Gasteiger partial charge in [0.25, 0.3) is 5.91 Å². The maximum absolute atomic E-state index is 12.3. The highest BCUT2D eigenvalue weighted by molar-refractivity contribution is 7.12. The van der Waals surface area contributed by atoms with Crippen molar-refractivity contribution >= 4 is 34.5 Å². The molecule has 19 heavy (non-hydrogen) atoms. The third-order valence-corrected chi connectivity index (χ3v) is 4.16. The molecule has 1 aromatic heterocycles. The van der Waals surface area contributed by atoms with Crippen LogP contribution in [-0.2, 0) is 6.42 Å². The van der Waals surface area contributed by atoms with E-state index in [1.165, 1.54) is 11.3 Å². The van der Waals surface area contributed by atoms with Gasteiger partial charge in [0.15, 0.2) is 0 Å². The quantitative estimate of drug-likeness (QED) is 0.801. The van der Waals surface area contributed by atoms with Gasteiger partial charge < -0.3 is 5.32 Å². The largest absolute Gasteiger partial charge is 0.321 e. The SMILES string of the molecule is CCc1ccsc1C(=O)Nc1ccccc1C(C)Cl. The van der Waals surface area contributed by atoms with Crippen LogP contribution in [0.3, 0.4) is 0 Å². The van der Waals surface area contributed by atoms with Gasteiger partial charge in [0, 0.05) is 5.69 Å². The highest BCUT2D eigenvalue weighted by atomic mass is 35.5. The van der Waals surface area contributed by atoms with Crippen molar-refractivity contribution in [3.63, 3.8) is 0 Å². The number of carbonyl (C=O) groups excluding carboxylic acids is 1. The Balaban J connectivity index is 2.24. The van der Waals surface area contributed by atoms with Gasteiger partial charge in [-0.25, -0.2) is 0 Å². The number of hydrogen-bond acceptors (Lipinski definition) is 2. The van der Waals surface area contributed by atoms with Crippen LogP contribution < -0.4 is 5.32 Å². The first-order chi connectivity index (χ1) is 9.13. The van der Waals surface area contributed by atoms with E-state index in [0.717, 1.165) is 28.1 Å². The van der Waals surface area contributed by atoms with E-state index in [4.69, 9.17) is 11.6 Å². The molecule has 0 saturated carbocycles. The molecule has 2 rings (SSSR count). The molecule has 2 nitrogen and oxygen atoms in total. The number of rotatable bonds is 4. The predicted molar refractivity (Wildman–Crippen MR) is 82.4 cm³/mol. The fourth-order valence-electron chi connectivity index (χ4n) is 1.95. The van der Waals surface area contributed by atoms with Crippen molar-refractivity contribution < 1.29 is 4.79 Å². The summed E-state index contributed by atoms with van der Waals surface area (Å²) in [6.07, 6.45) is 0.861. The molecule has 4 heteroatoms. The van der Waals surface area contributed by atoms with Crippen molar-refractivity contribution in [3.05, 3.63) is 51.7 Å². The molecular weight excluding hydrogens is 278 g/mol. The summed E-state index contributed by atoms with van der Waals surface area (Å²) < 4.78 is 0. The summed E-state index contributed by atoms with van der Waals surface area (Å²) in [7, 11) is 0. The highest BCUT2D eigenvalue weighted by Gasteiger charge is 2.15. The van der Waals surface area contributed by atoms with Crippen LogP contribution in [0.25, 0.3) is 0 Å². The van der Waals surface area contributed by atoms with E-state index in [1.807, 2.05) is 49.6 Å². The number of aryl methyl sites for hydroxylation is 1. The number of anilines is 1. The van der Waals surface area contributed by atoms with Crippen molar-refractivity contribution in [1.29, 1.82) is 0 Å². The first-order valence-corrected chi connectivity index (χ1v) is 7.55. The van der Waals surface area contributed by atoms with Crippen molar-refractivity contribution in [1.82, 2.24) is 0 Å². The minimum atomic E-state index is -0.134. The molecule has 0 radical (unpaired) electrons. The number of halogens is 1. The maximum atomic E-state index is 12.3. The fraction of sp³-hybridized carbons (Fsp3) is 0.267. The van der Waals surface area contributed by atoms with Crippen molar-refractivity contribution in [2.75, 3.05) is 5.32 Å². The maximum Gasteiger partial charge on any atom is 0.266 e. The van der Waals surface area contributed by atoms with E-state index in [2.05, 4.69) is 5.32 Å². The predicted octanol–water partition coefficient (Wildman–Crippen LogP) is 4.86. The van der Waals surface area contributed by atoms with Gasteiger partial charge in [-0.05, 0) is 42.0 Å². The van der Waals surface area contributed by atoms with Crippen LogP contribution in [0.4, 0.5) is 5.69 Å².